The standard InChI is InChI=1S/C24H25ClN2O5S/c25-19-7-5-18(6-8-19)17-33(29,30)22-15-27(21-4-2-1-3-20(21)22)16-23(28)26-11-9-24(10-12-26)31-13-14-32-24/h1-8,15H,9-14,16-17H2. The minimum atomic E-state index is -3.63. The van der Waals surface area contributed by atoms with Gasteiger partial charge in [0.15, 0.2) is 15.6 Å². The first-order chi connectivity index (χ1) is 15.9. The fourth-order valence-corrected chi connectivity index (χ4v) is 6.31. The van der Waals surface area contributed by atoms with Crippen molar-refractivity contribution in [3.63, 3.8) is 0 Å². The van der Waals surface area contributed by atoms with Crippen LogP contribution in [0.3, 0.4) is 0 Å². The summed E-state index contributed by atoms with van der Waals surface area (Å²) >= 11 is 5.93. The molecule has 2 aliphatic heterocycles. The summed E-state index contributed by atoms with van der Waals surface area (Å²) in [5, 5.41) is 1.17. The van der Waals surface area contributed by atoms with Crippen molar-refractivity contribution in [2.45, 2.75) is 35.8 Å². The minimum absolute atomic E-state index is 0.0507. The molecule has 9 heteroatoms. The zero-order valence-electron chi connectivity index (χ0n) is 18.1. The molecule has 0 aliphatic carbocycles. The summed E-state index contributed by atoms with van der Waals surface area (Å²) < 4.78 is 39.8. The molecule has 3 heterocycles. The molecule has 174 valence electrons. The number of aromatic nitrogens is 1. The Bertz CT molecular complexity index is 1270. The van der Waals surface area contributed by atoms with E-state index in [2.05, 4.69) is 0 Å². The van der Waals surface area contributed by atoms with Crippen LogP contribution in [0.2, 0.25) is 5.02 Å². The molecule has 2 aliphatic rings. The van der Waals surface area contributed by atoms with Gasteiger partial charge in [0.25, 0.3) is 0 Å². The average molecular weight is 489 g/mol. The van der Waals surface area contributed by atoms with Crippen molar-refractivity contribution in [2.75, 3.05) is 26.3 Å². The van der Waals surface area contributed by atoms with Crippen LogP contribution in [-0.2, 0) is 36.4 Å². The minimum Gasteiger partial charge on any atom is -0.347 e. The molecule has 0 unspecified atom stereocenters. The SMILES string of the molecule is O=C(Cn1cc(S(=O)(=O)Cc2ccc(Cl)cc2)c2ccccc21)N1CCC2(CC1)OCCO2. The van der Waals surface area contributed by atoms with Crippen LogP contribution in [0.5, 0.6) is 0 Å². The summed E-state index contributed by atoms with van der Waals surface area (Å²) in [6.45, 7) is 2.37. The van der Waals surface area contributed by atoms with Crippen molar-refractivity contribution in [1.29, 1.82) is 0 Å². The zero-order valence-corrected chi connectivity index (χ0v) is 19.6. The number of benzene rings is 2. The molecule has 0 radical (unpaired) electrons. The first-order valence-electron chi connectivity index (χ1n) is 11.0. The Labute approximate surface area is 197 Å². The molecule has 5 rings (SSSR count). The van der Waals surface area contributed by atoms with Gasteiger partial charge in [-0.1, -0.05) is 41.9 Å². The Morgan fingerprint density at radius 1 is 1.00 bits per heavy atom. The van der Waals surface area contributed by atoms with Gasteiger partial charge < -0.3 is 18.9 Å². The number of rotatable bonds is 5. The van der Waals surface area contributed by atoms with Gasteiger partial charge in [0, 0.05) is 48.1 Å². The number of fused-ring (bicyclic) bond motifs is 1. The molecule has 33 heavy (non-hydrogen) atoms. The summed E-state index contributed by atoms with van der Waals surface area (Å²) in [6.07, 6.45) is 2.88. The Balaban J connectivity index is 1.37. The predicted molar refractivity (Wildman–Crippen MR) is 125 cm³/mol. The van der Waals surface area contributed by atoms with Crippen LogP contribution >= 0.6 is 11.6 Å². The second-order valence-corrected chi connectivity index (χ2v) is 10.9. The number of nitrogens with zero attached hydrogens (tertiary/aromatic N) is 2. The fourth-order valence-electron chi connectivity index (χ4n) is 4.60. The number of carbonyl (C=O) groups excluding carboxylic acids is 1. The van der Waals surface area contributed by atoms with Crippen molar-refractivity contribution in [3.05, 3.63) is 65.3 Å². The monoisotopic (exact) mass is 488 g/mol. The van der Waals surface area contributed by atoms with Gasteiger partial charge in [0.2, 0.25) is 5.91 Å². The van der Waals surface area contributed by atoms with Crippen LogP contribution < -0.4 is 0 Å². The number of amides is 1. The third-order valence-electron chi connectivity index (χ3n) is 6.35. The lowest BCUT2D eigenvalue weighted by Gasteiger charge is -2.37. The molecule has 7 nitrogen and oxygen atoms in total. The summed E-state index contributed by atoms with van der Waals surface area (Å²) in [6, 6.07) is 14.1. The third-order valence-corrected chi connectivity index (χ3v) is 8.31. The molecule has 0 bridgehead atoms. The van der Waals surface area contributed by atoms with Crippen molar-refractivity contribution < 1.29 is 22.7 Å². The zero-order chi connectivity index (χ0) is 23.1. The van der Waals surface area contributed by atoms with E-state index in [4.69, 9.17) is 21.1 Å². The van der Waals surface area contributed by atoms with Crippen LogP contribution in [0.15, 0.2) is 59.6 Å². The molecule has 1 spiro atoms. The Morgan fingerprint density at radius 3 is 2.36 bits per heavy atom. The highest BCUT2D eigenvalue weighted by Crippen LogP contribution is 2.32. The van der Waals surface area contributed by atoms with Gasteiger partial charge >= 0.3 is 0 Å². The third kappa shape index (κ3) is 4.53. The molecule has 1 amide bonds. The van der Waals surface area contributed by atoms with Gasteiger partial charge in [0.05, 0.1) is 23.9 Å². The Kier molecular flexibility index (Phi) is 5.95. The topological polar surface area (TPSA) is 77.8 Å². The number of piperidine rings is 1. The number of para-hydroxylation sites is 1. The Hall–Kier alpha value is -2.39. The van der Waals surface area contributed by atoms with Crippen molar-refractivity contribution in [2.24, 2.45) is 0 Å². The summed E-state index contributed by atoms with van der Waals surface area (Å²) in [4.78, 5) is 15.1. The van der Waals surface area contributed by atoms with Crippen LogP contribution in [0.4, 0.5) is 0 Å². The molecular weight excluding hydrogens is 464 g/mol. The highest BCUT2D eigenvalue weighted by molar-refractivity contribution is 7.90. The van der Waals surface area contributed by atoms with Crippen molar-refractivity contribution in [1.82, 2.24) is 9.47 Å². The van der Waals surface area contributed by atoms with Crippen molar-refractivity contribution in [3.8, 4) is 0 Å². The van der Waals surface area contributed by atoms with Crippen LogP contribution in [0, 0.1) is 0 Å². The smallest absolute Gasteiger partial charge is 0.242 e. The van der Waals surface area contributed by atoms with Gasteiger partial charge in [-0.25, -0.2) is 8.42 Å². The van der Waals surface area contributed by atoms with Gasteiger partial charge in [0.1, 0.15) is 6.54 Å². The predicted octanol–water partition coefficient (Wildman–Crippen LogP) is 3.63. The lowest BCUT2D eigenvalue weighted by molar-refractivity contribution is -0.187. The largest absolute Gasteiger partial charge is 0.347 e. The average Bonchev–Trinajstić information content (AvgIpc) is 3.41. The maximum Gasteiger partial charge on any atom is 0.242 e. The maximum atomic E-state index is 13.3. The summed E-state index contributed by atoms with van der Waals surface area (Å²) in [7, 11) is -3.63. The van der Waals surface area contributed by atoms with E-state index in [0.29, 0.717) is 55.1 Å². The highest BCUT2D eigenvalue weighted by atomic mass is 35.5. The summed E-state index contributed by atoms with van der Waals surface area (Å²) in [5.74, 6) is -0.731. The molecule has 2 saturated heterocycles. The molecule has 0 N–H and O–H groups in total. The van der Waals surface area contributed by atoms with E-state index in [1.807, 2.05) is 18.2 Å². The Morgan fingerprint density at radius 2 is 1.67 bits per heavy atom. The number of hydrogen-bond acceptors (Lipinski definition) is 5. The quantitative estimate of drug-likeness (QED) is 0.548. The van der Waals surface area contributed by atoms with E-state index in [0.717, 1.165) is 5.52 Å². The fraction of sp³-hybridized carbons (Fsp3) is 0.375. The van der Waals surface area contributed by atoms with E-state index in [1.165, 1.54) is 0 Å². The van der Waals surface area contributed by atoms with E-state index in [9.17, 15) is 13.2 Å². The first-order valence-corrected chi connectivity index (χ1v) is 13.0. The number of likely N-dealkylation sites (tertiary alicyclic amines) is 1. The number of carbonyl (C=O) groups is 1. The van der Waals surface area contributed by atoms with E-state index >= 15 is 0 Å². The molecule has 0 atom stereocenters. The van der Waals surface area contributed by atoms with Crippen LogP contribution in [-0.4, -0.2) is 55.9 Å². The maximum absolute atomic E-state index is 13.3. The summed E-state index contributed by atoms with van der Waals surface area (Å²) in [5.41, 5.74) is 1.38. The second kappa shape index (κ2) is 8.76. The van der Waals surface area contributed by atoms with E-state index in [1.54, 1.807) is 46.0 Å². The number of halogens is 1. The lowest BCUT2D eigenvalue weighted by Crippen LogP contribution is -2.48. The number of hydrogen-bond donors (Lipinski definition) is 0. The highest BCUT2D eigenvalue weighted by Gasteiger charge is 2.40. The van der Waals surface area contributed by atoms with Crippen molar-refractivity contribution >= 4 is 38.2 Å². The molecule has 0 saturated carbocycles. The molecule has 2 aromatic carbocycles. The van der Waals surface area contributed by atoms with Crippen LogP contribution in [0.1, 0.15) is 18.4 Å². The second-order valence-electron chi connectivity index (χ2n) is 8.51. The lowest BCUT2D eigenvalue weighted by atomic mass is 10.0. The number of sulfone groups is 1. The normalized spacial score (nSPS) is 18.3. The van der Waals surface area contributed by atoms with Gasteiger partial charge in [-0.15, -0.1) is 0 Å². The molecule has 1 aromatic heterocycles. The number of ether oxygens (including phenoxy) is 2. The first kappa shape index (κ1) is 22.4. The molecular formula is C24H25ClN2O5S. The van der Waals surface area contributed by atoms with E-state index < -0.39 is 15.6 Å². The van der Waals surface area contributed by atoms with Gasteiger partial charge in [-0.3, -0.25) is 4.79 Å². The van der Waals surface area contributed by atoms with Crippen LogP contribution in [0.25, 0.3) is 10.9 Å². The van der Waals surface area contributed by atoms with E-state index in [-0.39, 0.29) is 23.1 Å². The molecule has 2 fully saturated rings. The molecule has 3 aromatic rings. The van der Waals surface area contributed by atoms with Gasteiger partial charge in [-0.2, -0.15) is 0 Å². The van der Waals surface area contributed by atoms with Gasteiger partial charge in [-0.05, 0) is 23.8 Å².